The second-order valence-electron chi connectivity index (χ2n) is 6.50. The maximum absolute atomic E-state index is 12.2. The monoisotopic (exact) mass is 344 g/mol. The Bertz CT molecular complexity index is 620. The molecule has 0 aliphatic carbocycles. The summed E-state index contributed by atoms with van der Waals surface area (Å²) < 4.78 is 0. The quantitative estimate of drug-likeness (QED) is 0.815. The lowest BCUT2D eigenvalue weighted by molar-refractivity contribution is -0.138. The lowest BCUT2D eigenvalue weighted by Crippen LogP contribution is -2.37. The number of likely N-dealkylation sites (tertiary alicyclic amines) is 1. The highest BCUT2D eigenvalue weighted by molar-refractivity contribution is 6.02. The second kappa shape index (κ2) is 8.09. The highest BCUT2D eigenvalue weighted by Crippen LogP contribution is 2.17. The minimum atomic E-state index is -0.242. The van der Waals surface area contributed by atoms with Crippen molar-refractivity contribution in [1.82, 2.24) is 15.2 Å². The summed E-state index contributed by atoms with van der Waals surface area (Å²) in [5.41, 5.74) is 0.484. The maximum atomic E-state index is 12.2. The van der Waals surface area contributed by atoms with Gasteiger partial charge >= 0.3 is 0 Å². The van der Waals surface area contributed by atoms with Gasteiger partial charge in [0, 0.05) is 45.2 Å². The third-order valence-electron chi connectivity index (χ3n) is 4.72. The average molecular weight is 344 g/mol. The number of anilines is 1. The number of hydrogen-bond donors (Lipinski definition) is 1. The van der Waals surface area contributed by atoms with Gasteiger partial charge in [0.25, 0.3) is 5.91 Å². The first-order chi connectivity index (χ1) is 12.1. The van der Waals surface area contributed by atoms with Crippen molar-refractivity contribution in [2.75, 3.05) is 31.1 Å². The molecule has 0 bridgehead atoms. The highest BCUT2D eigenvalue weighted by atomic mass is 16.2. The van der Waals surface area contributed by atoms with Crippen LogP contribution in [0.2, 0.25) is 0 Å². The molecule has 0 radical (unpaired) electrons. The Labute approximate surface area is 147 Å². The van der Waals surface area contributed by atoms with Crippen molar-refractivity contribution >= 4 is 23.5 Å². The molecular formula is C18H24N4O3. The summed E-state index contributed by atoms with van der Waals surface area (Å²) in [6.45, 7) is 2.50. The first kappa shape index (κ1) is 17.4. The predicted octanol–water partition coefficient (Wildman–Crippen LogP) is 1.34. The summed E-state index contributed by atoms with van der Waals surface area (Å²) in [6.07, 6.45) is 7.01. The zero-order chi connectivity index (χ0) is 17.6. The van der Waals surface area contributed by atoms with Gasteiger partial charge in [-0.25, -0.2) is 4.98 Å². The minimum Gasteiger partial charge on any atom is -0.357 e. The predicted molar refractivity (Wildman–Crippen MR) is 93.2 cm³/mol. The third-order valence-corrected chi connectivity index (χ3v) is 4.72. The van der Waals surface area contributed by atoms with E-state index in [1.165, 1.54) is 30.6 Å². The number of pyridine rings is 1. The summed E-state index contributed by atoms with van der Waals surface area (Å²) in [4.78, 5) is 43.1. The van der Waals surface area contributed by atoms with Crippen molar-refractivity contribution in [1.29, 1.82) is 0 Å². The molecule has 7 heteroatoms. The maximum Gasteiger partial charge on any atom is 0.252 e. The van der Waals surface area contributed by atoms with Crippen molar-refractivity contribution < 1.29 is 14.4 Å². The molecule has 2 saturated heterocycles. The van der Waals surface area contributed by atoms with E-state index in [1.54, 1.807) is 12.3 Å². The summed E-state index contributed by atoms with van der Waals surface area (Å²) in [6, 6.07) is 3.66. The van der Waals surface area contributed by atoms with Gasteiger partial charge in [-0.15, -0.1) is 0 Å². The van der Waals surface area contributed by atoms with E-state index in [2.05, 4.69) is 15.2 Å². The van der Waals surface area contributed by atoms with Crippen molar-refractivity contribution in [3.05, 3.63) is 23.9 Å². The van der Waals surface area contributed by atoms with Crippen LogP contribution in [0.1, 0.15) is 48.9 Å². The van der Waals surface area contributed by atoms with Gasteiger partial charge in [0.05, 0.1) is 5.56 Å². The molecule has 0 aromatic carbocycles. The van der Waals surface area contributed by atoms with Crippen molar-refractivity contribution in [2.24, 2.45) is 0 Å². The van der Waals surface area contributed by atoms with Gasteiger partial charge in [0.2, 0.25) is 11.8 Å². The lowest BCUT2D eigenvalue weighted by atomic mass is 10.2. The minimum absolute atomic E-state index is 0.164. The number of carbonyl (C=O) groups is 3. The molecule has 3 heterocycles. The Morgan fingerprint density at radius 2 is 1.72 bits per heavy atom. The molecule has 3 rings (SSSR count). The van der Waals surface area contributed by atoms with E-state index in [9.17, 15) is 14.4 Å². The van der Waals surface area contributed by atoms with Crippen LogP contribution in [-0.2, 0) is 9.59 Å². The van der Waals surface area contributed by atoms with E-state index < -0.39 is 0 Å². The van der Waals surface area contributed by atoms with E-state index in [4.69, 9.17) is 0 Å². The fraction of sp³-hybridized carbons (Fsp3) is 0.556. The molecule has 1 aromatic rings. The molecule has 0 saturated carbocycles. The summed E-state index contributed by atoms with van der Waals surface area (Å²) >= 11 is 0. The Balaban J connectivity index is 1.50. The Morgan fingerprint density at radius 3 is 2.32 bits per heavy atom. The van der Waals surface area contributed by atoms with Gasteiger partial charge in [0.15, 0.2) is 0 Å². The molecule has 2 aliphatic heterocycles. The molecule has 25 heavy (non-hydrogen) atoms. The number of nitrogens with zero attached hydrogens (tertiary/aromatic N) is 3. The number of hydrogen-bond acceptors (Lipinski definition) is 5. The molecule has 1 aromatic heterocycles. The van der Waals surface area contributed by atoms with Crippen LogP contribution in [0.4, 0.5) is 5.82 Å². The Morgan fingerprint density at radius 1 is 1.04 bits per heavy atom. The van der Waals surface area contributed by atoms with E-state index in [0.29, 0.717) is 5.56 Å². The van der Waals surface area contributed by atoms with E-state index in [1.807, 2.05) is 6.07 Å². The van der Waals surface area contributed by atoms with Gasteiger partial charge in [-0.1, -0.05) is 12.8 Å². The second-order valence-corrected chi connectivity index (χ2v) is 6.50. The third kappa shape index (κ3) is 4.35. The molecule has 7 nitrogen and oxygen atoms in total. The number of rotatable bonds is 5. The molecule has 2 aliphatic rings. The summed E-state index contributed by atoms with van der Waals surface area (Å²) in [5.74, 6) is 0.339. The van der Waals surface area contributed by atoms with Gasteiger partial charge in [-0.05, 0) is 25.0 Å². The van der Waals surface area contributed by atoms with Crippen molar-refractivity contribution in [3.8, 4) is 0 Å². The van der Waals surface area contributed by atoms with Crippen LogP contribution in [0.5, 0.6) is 0 Å². The first-order valence-corrected chi connectivity index (χ1v) is 8.97. The largest absolute Gasteiger partial charge is 0.357 e. The topological polar surface area (TPSA) is 82.6 Å². The van der Waals surface area contributed by atoms with Crippen LogP contribution >= 0.6 is 0 Å². The van der Waals surface area contributed by atoms with Crippen LogP contribution in [0.25, 0.3) is 0 Å². The molecule has 0 spiro atoms. The lowest BCUT2D eigenvalue weighted by Gasteiger charge is -2.21. The van der Waals surface area contributed by atoms with Crippen LogP contribution in [0.15, 0.2) is 18.3 Å². The SMILES string of the molecule is O=C(NCCN1C(=O)CCC1=O)c1ccc(N2CCCCCC2)nc1. The van der Waals surface area contributed by atoms with E-state index in [-0.39, 0.29) is 43.7 Å². The van der Waals surface area contributed by atoms with Crippen LogP contribution in [0.3, 0.4) is 0 Å². The fourth-order valence-corrected chi connectivity index (χ4v) is 3.26. The van der Waals surface area contributed by atoms with Crippen molar-refractivity contribution in [3.63, 3.8) is 0 Å². The van der Waals surface area contributed by atoms with Crippen molar-refractivity contribution in [2.45, 2.75) is 38.5 Å². The average Bonchev–Trinajstić information content (AvgIpc) is 2.84. The molecular weight excluding hydrogens is 320 g/mol. The molecule has 2 fully saturated rings. The Hall–Kier alpha value is -2.44. The molecule has 0 atom stereocenters. The van der Waals surface area contributed by atoms with E-state index in [0.717, 1.165) is 18.9 Å². The van der Waals surface area contributed by atoms with Crippen LogP contribution in [0, 0.1) is 0 Å². The summed E-state index contributed by atoms with van der Waals surface area (Å²) in [5, 5.41) is 2.74. The van der Waals surface area contributed by atoms with Crippen LogP contribution in [-0.4, -0.2) is 53.8 Å². The number of carbonyl (C=O) groups excluding carboxylic acids is 3. The van der Waals surface area contributed by atoms with Gasteiger partial charge in [0.1, 0.15) is 5.82 Å². The van der Waals surface area contributed by atoms with E-state index >= 15 is 0 Å². The number of nitrogens with one attached hydrogen (secondary N) is 1. The molecule has 0 unspecified atom stereocenters. The van der Waals surface area contributed by atoms with Gasteiger partial charge < -0.3 is 10.2 Å². The summed E-state index contributed by atoms with van der Waals surface area (Å²) in [7, 11) is 0. The first-order valence-electron chi connectivity index (χ1n) is 8.97. The number of amides is 3. The number of imide groups is 1. The van der Waals surface area contributed by atoms with Gasteiger partial charge in [-0.2, -0.15) is 0 Å². The highest BCUT2D eigenvalue weighted by Gasteiger charge is 2.28. The number of aromatic nitrogens is 1. The fourth-order valence-electron chi connectivity index (χ4n) is 3.26. The molecule has 1 N–H and O–H groups in total. The van der Waals surface area contributed by atoms with Crippen LogP contribution < -0.4 is 10.2 Å². The standard InChI is InChI=1S/C18H24N4O3/c23-16-7-8-17(24)22(16)12-9-19-18(25)14-5-6-15(20-13-14)21-10-3-1-2-4-11-21/h5-6,13H,1-4,7-12H2,(H,19,25). The smallest absolute Gasteiger partial charge is 0.252 e. The zero-order valence-electron chi connectivity index (χ0n) is 14.4. The molecule has 3 amide bonds. The zero-order valence-corrected chi connectivity index (χ0v) is 14.4. The molecule has 134 valence electrons. The normalized spacial score (nSPS) is 18.4. The van der Waals surface area contributed by atoms with Gasteiger partial charge in [-0.3, -0.25) is 19.3 Å². The Kier molecular flexibility index (Phi) is 5.63.